The molecule has 8 nitrogen and oxygen atoms in total. The molecule has 1 aliphatic rings. The molecule has 0 aliphatic carbocycles. The summed E-state index contributed by atoms with van der Waals surface area (Å²) in [4.78, 5) is 6.83. The highest BCUT2D eigenvalue weighted by atomic mass is 16.6. The Balaban J connectivity index is 2.29. The lowest BCUT2D eigenvalue weighted by Gasteiger charge is -2.16. The summed E-state index contributed by atoms with van der Waals surface area (Å²) >= 11 is 0. The maximum absolute atomic E-state index is 9.75. The van der Waals surface area contributed by atoms with E-state index in [1.165, 1.54) is 10.9 Å². The number of ether oxygens (including phenoxy) is 1. The molecule has 0 saturated carbocycles. The first-order chi connectivity index (χ1) is 8.10. The first-order valence-electron chi connectivity index (χ1n) is 4.92. The minimum Gasteiger partial charge on any atom is -0.394 e. The van der Waals surface area contributed by atoms with Gasteiger partial charge in [0, 0.05) is 0 Å². The van der Waals surface area contributed by atoms with E-state index in [-0.39, 0.29) is 11.6 Å². The van der Waals surface area contributed by atoms with Crippen molar-refractivity contribution in [1.82, 2.24) is 9.55 Å². The Bertz CT molecular complexity index is 454. The number of aliphatic hydroxyl groups excluding tert-OH is 3. The molecule has 2 unspecified atom stereocenters. The summed E-state index contributed by atoms with van der Waals surface area (Å²) in [5.74, 6) is 0.0533. The minimum atomic E-state index is -1.23. The van der Waals surface area contributed by atoms with Crippen LogP contribution in [0.3, 0.4) is 0 Å². The third kappa shape index (κ3) is 1.75. The van der Waals surface area contributed by atoms with E-state index in [9.17, 15) is 10.2 Å². The summed E-state index contributed by atoms with van der Waals surface area (Å²) in [6, 6.07) is 0. The topological polar surface area (TPSA) is 118 Å². The number of anilines is 1. The van der Waals surface area contributed by atoms with Gasteiger partial charge in [0.25, 0.3) is 0 Å². The number of nitrogens with two attached hydrogens (primary N) is 1. The van der Waals surface area contributed by atoms with E-state index < -0.39 is 31.1 Å². The molecule has 0 bridgehead atoms. The van der Waals surface area contributed by atoms with E-state index in [1.807, 2.05) is 0 Å². The monoisotopic (exact) mass is 240 g/mol. The first-order valence-corrected chi connectivity index (χ1v) is 4.92. The van der Waals surface area contributed by atoms with Crippen molar-refractivity contribution in [2.75, 3.05) is 12.3 Å². The molecule has 0 spiro atoms. The van der Waals surface area contributed by atoms with Gasteiger partial charge >= 0.3 is 5.82 Å². The van der Waals surface area contributed by atoms with Crippen LogP contribution >= 0.6 is 0 Å². The molecule has 2 heterocycles. The van der Waals surface area contributed by atoms with Crippen LogP contribution in [-0.2, 0) is 4.74 Å². The van der Waals surface area contributed by atoms with Crippen molar-refractivity contribution in [2.24, 2.45) is 0 Å². The number of nitrogen functional groups attached to an aromatic ring is 1. The van der Waals surface area contributed by atoms with E-state index in [2.05, 4.69) is 9.83 Å². The second-order valence-corrected chi connectivity index (χ2v) is 3.70. The number of rotatable bonds is 2. The molecule has 1 aromatic heterocycles. The molecule has 8 heteroatoms. The molecule has 5 N–H and O–H groups in total. The average Bonchev–Trinajstić information content (AvgIpc) is 2.82. The second kappa shape index (κ2) is 4.31. The fraction of sp³-hybridized carbons (Fsp3) is 0.556. The number of hydrogen-bond donors (Lipinski definition) is 4. The van der Waals surface area contributed by atoms with Gasteiger partial charge in [-0.1, -0.05) is 6.57 Å². The number of hydrogen-bond acceptors (Lipinski definition) is 6. The number of aliphatic hydroxyl groups is 3. The molecule has 0 radical (unpaired) electrons. The van der Waals surface area contributed by atoms with Crippen molar-refractivity contribution in [1.29, 1.82) is 0 Å². The predicted molar refractivity (Wildman–Crippen MR) is 55.9 cm³/mol. The van der Waals surface area contributed by atoms with Crippen molar-refractivity contribution in [2.45, 2.75) is 24.5 Å². The van der Waals surface area contributed by atoms with Crippen molar-refractivity contribution >= 4 is 11.6 Å². The average molecular weight is 240 g/mol. The molecule has 2 rings (SSSR count). The molecular formula is C9H12N4O4. The highest BCUT2D eigenvalue weighted by Crippen LogP contribution is 2.33. The highest BCUT2D eigenvalue weighted by Gasteiger charge is 2.44. The molecule has 4 atom stereocenters. The fourth-order valence-electron chi connectivity index (χ4n) is 1.76. The molecule has 1 aliphatic heterocycles. The van der Waals surface area contributed by atoms with Crippen molar-refractivity contribution in [3.8, 4) is 0 Å². The van der Waals surface area contributed by atoms with Crippen LogP contribution in [-0.4, -0.2) is 49.8 Å². The molecular weight excluding hydrogens is 228 g/mol. The van der Waals surface area contributed by atoms with Gasteiger partial charge in [0.1, 0.15) is 24.1 Å². The maximum Gasteiger partial charge on any atom is 0.311 e. The molecule has 0 amide bonds. The van der Waals surface area contributed by atoms with Crippen LogP contribution in [0.25, 0.3) is 4.85 Å². The number of nitrogens with zero attached hydrogens (tertiary/aromatic N) is 3. The summed E-state index contributed by atoms with van der Waals surface area (Å²) in [7, 11) is 0. The van der Waals surface area contributed by atoms with E-state index in [0.717, 1.165) is 0 Å². The van der Waals surface area contributed by atoms with Crippen molar-refractivity contribution in [3.05, 3.63) is 17.7 Å². The normalized spacial score (nSPS) is 32.6. The van der Waals surface area contributed by atoms with Gasteiger partial charge in [-0.25, -0.2) is 0 Å². The molecule has 1 saturated heterocycles. The van der Waals surface area contributed by atoms with Gasteiger partial charge in [-0.15, -0.1) is 4.98 Å². The van der Waals surface area contributed by atoms with Crippen LogP contribution in [0.4, 0.5) is 11.6 Å². The smallest absolute Gasteiger partial charge is 0.311 e. The molecule has 1 fully saturated rings. The summed E-state index contributed by atoms with van der Waals surface area (Å²) in [5, 5.41) is 28.3. The lowest BCUT2D eigenvalue weighted by Crippen LogP contribution is -2.33. The Hall–Kier alpha value is -1.66. The van der Waals surface area contributed by atoms with E-state index in [0.29, 0.717) is 0 Å². The van der Waals surface area contributed by atoms with Gasteiger partial charge in [0.2, 0.25) is 0 Å². The van der Waals surface area contributed by atoms with Crippen LogP contribution in [0.15, 0.2) is 6.33 Å². The fourth-order valence-corrected chi connectivity index (χ4v) is 1.76. The lowest BCUT2D eigenvalue weighted by molar-refractivity contribution is -0.0517. The Morgan fingerprint density at radius 2 is 2.24 bits per heavy atom. The second-order valence-electron chi connectivity index (χ2n) is 3.70. The SMILES string of the molecule is [C-]#[N+]c1ncn([C@@H]2O[C@H](CO)C(O)C2O)c1N. The number of aromatic nitrogens is 2. The zero-order valence-electron chi connectivity index (χ0n) is 8.76. The quantitative estimate of drug-likeness (QED) is 0.473. The van der Waals surface area contributed by atoms with Crippen LogP contribution in [0.1, 0.15) is 6.23 Å². The van der Waals surface area contributed by atoms with Crippen LogP contribution in [0.2, 0.25) is 0 Å². The van der Waals surface area contributed by atoms with Crippen LogP contribution in [0.5, 0.6) is 0 Å². The Kier molecular flexibility index (Phi) is 2.99. The summed E-state index contributed by atoms with van der Waals surface area (Å²) < 4.78 is 6.51. The molecule has 1 aromatic rings. The first kappa shape index (κ1) is 11.8. The summed E-state index contributed by atoms with van der Waals surface area (Å²) in [5.41, 5.74) is 5.64. The Labute approximate surface area is 96.7 Å². The summed E-state index contributed by atoms with van der Waals surface area (Å²) in [6.45, 7) is 6.39. The van der Waals surface area contributed by atoms with Gasteiger partial charge in [-0.2, -0.15) is 0 Å². The maximum atomic E-state index is 9.75. The summed E-state index contributed by atoms with van der Waals surface area (Å²) in [6.07, 6.45) is -3.02. The van der Waals surface area contributed by atoms with E-state index >= 15 is 0 Å². The predicted octanol–water partition coefficient (Wildman–Crippen LogP) is -1.37. The van der Waals surface area contributed by atoms with Gasteiger partial charge in [0.05, 0.1) is 6.61 Å². The zero-order valence-corrected chi connectivity index (χ0v) is 8.76. The van der Waals surface area contributed by atoms with Gasteiger partial charge in [-0.3, -0.25) is 4.57 Å². The lowest BCUT2D eigenvalue weighted by atomic mass is 10.1. The number of imidazole rings is 1. The zero-order chi connectivity index (χ0) is 12.6. The van der Waals surface area contributed by atoms with Gasteiger partial charge < -0.3 is 30.6 Å². The standard InChI is InChI=1S/C9H12N4O4/c1-11-8-7(10)13(3-12-8)9-6(16)5(15)4(2-14)17-9/h3-6,9,14-16H,2,10H2/t4-,5?,6?,9-/m1/s1. The molecule has 0 aromatic carbocycles. The third-order valence-electron chi connectivity index (χ3n) is 2.71. The minimum absolute atomic E-state index is 0.00254. The van der Waals surface area contributed by atoms with Crippen LogP contribution < -0.4 is 5.73 Å². The Morgan fingerprint density at radius 1 is 1.53 bits per heavy atom. The molecule has 92 valence electrons. The molecule has 17 heavy (non-hydrogen) atoms. The highest BCUT2D eigenvalue weighted by molar-refractivity contribution is 5.58. The van der Waals surface area contributed by atoms with Crippen LogP contribution in [0, 0.1) is 6.57 Å². The van der Waals surface area contributed by atoms with Crippen molar-refractivity contribution in [3.63, 3.8) is 0 Å². The van der Waals surface area contributed by atoms with E-state index in [1.54, 1.807) is 0 Å². The Morgan fingerprint density at radius 3 is 2.71 bits per heavy atom. The van der Waals surface area contributed by atoms with Crippen molar-refractivity contribution < 1.29 is 20.1 Å². The van der Waals surface area contributed by atoms with Gasteiger partial charge in [0.15, 0.2) is 12.6 Å². The van der Waals surface area contributed by atoms with E-state index in [4.69, 9.17) is 22.1 Å². The third-order valence-corrected chi connectivity index (χ3v) is 2.71. The van der Waals surface area contributed by atoms with Gasteiger partial charge in [-0.05, 0) is 0 Å². The largest absolute Gasteiger partial charge is 0.394 e.